The van der Waals surface area contributed by atoms with Crippen molar-refractivity contribution in [2.24, 2.45) is 5.73 Å². The maximum atomic E-state index is 13.8. The summed E-state index contributed by atoms with van der Waals surface area (Å²) in [5.41, 5.74) is 6.39. The van der Waals surface area contributed by atoms with Gasteiger partial charge in [0.1, 0.15) is 23.1 Å². The zero-order chi connectivity index (χ0) is 13.6. The van der Waals surface area contributed by atoms with Crippen LogP contribution in [0.2, 0.25) is 0 Å². The molecule has 0 spiro atoms. The summed E-state index contributed by atoms with van der Waals surface area (Å²) in [6.07, 6.45) is 0.606. The third-order valence-corrected chi connectivity index (χ3v) is 3.05. The molecule has 0 saturated heterocycles. The second kappa shape index (κ2) is 4.04. The average molecular weight is 264 g/mol. The zero-order valence-electron chi connectivity index (χ0n) is 9.78. The van der Waals surface area contributed by atoms with Gasteiger partial charge in [-0.2, -0.15) is 9.78 Å². The number of anilines is 1. The Morgan fingerprint density at radius 1 is 1.42 bits per heavy atom. The van der Waals surface area contributed by atoms with Crippen molar-refractivity contribution in [3.63, 3.8) is 0 Å². The number of nitrogens with two attached hydrogens (primary N) is 1. The van der Waals surface area contributed by atoms with Gasteiger partial charge in [-0.3, -0.25) is 0 Å². The highest BCUT2D eigenvalue weighted by Crippen LogP contribution is 2.33. The number of carbonyl (C=O) groups excluding carboxylic acids is 1. The lowest BCUT2D eigenvalue weighted by Gasteiger charge is -2.02. The van der Waals surface area contributed by atoms with Crippen LogP contribution in [0.25, 0.3) is 11.3 Å². The standard InChI is InChI=1S/C12H10F2N4O/c13-6-1-2-7(9(14)5-6)10-8-3-4-16-11(8)18(17-10)12(15)19/h1-2,5,16H,3-4H2,(H2,15,19). The van der Waals surface area contributed by atoms with Crippen molar-refractivity contribution in [1.82, 2.24) is 9.78 Å². The van der Waals surface area contributed by atoms with Crippen molar-refractivity contribution in [3.8, 4) is 11.3 Å². The van der Waals surface area contributed by atoms with E-state index in [-0.39, 0.29) is 5.56 Å². The van der Waals surface area contributed by atoms with E-state index in [1.54, 1.807) is 0 Å². The lowest BCUT2D eigenvalue weighted by atomic mass is 10.1. The van der Waals surface area contributed by atoms with Crippen LogP contribution in [0.3, 0.4) is 0 Å². The molecule has 2 heterocycles. The highest BCUT2D eigenvalue weighted by Gasteiger charge is 2.26. The Labute approximate surface area is 107 Å². The summed E-state index contributed by atoms with van der Waals surface area (Å²) in [6, 6.07) is 2.49. The number of carbonyl (C=O) groups is 1. The molecule has 2 aromatic rings. The van der Waals surface area contributed by atoms with Crippen molar-refractivity contribution < 1.29 is 13.6 Å². The molecule has 0 aliphatic carbocycles. The Balaban J connectivity index is 2.21. The summed E-state index contributed by atoms with van der Waals surface area (Å²) >= 11 is 0. The molecule has 0 radical (unpaired) electrons. The SMILES string of the molecule is NC(=O)n1nc(-c2ccc(F)cc2F)c2c1NCC2. The number of aromatic nitrogens is 2. The molecule has 0 atom stereocenters. The summed E-state index contributed by atoms with van der Waals surface area (Å²) in [7, 11) is 0. The van der Waals surface area contributed by atoms with Crippen LogP contribution in [0, 0.1) is 11.6 Å². The molecule has 3 N–H and O–H groups in total. The van der Waals surface area contributed by atoms with E-state index in [0.717, 1.165) is 16.8 Å². The molecule has 7 heteroatoms. The predicted octanol–water partition coefficient (Wildman–Crippen LogP) is 1.72. The van der Waals surface area contributed by atoms with Crippen LogP contribution in [0.5, 0.6) is 0 Å². The Morgan fingerprint density at radius 3 is 2.89 bits per heavy atom. The van der Waals surface area contributed by atoms with E-state index >= 15 is 0 Å². The molecule has 0 bridgehead atoms. The number of benzene rings is 1. The molecule has 1 aliphatic heterocycles. The Kier molecular flexibility index (Phi) is 2.48. The predicted molar refractivity (Wildman–Crippen MR) is 64.8 cm³/mol. The van der Waals surface area contributed by atoms with Gasteiger partial charge in [0.2, 0.25) is 0 Å². The first-order chi connectivity index (χ1) is 9.08. The van der Waals surface area contributed by atoms with E-state index < -0.39 is 17.7 Å². The third-order valence-electron chi connectivity index (χ3n) is 3.05. The van der Waals surface area contributed by atoms with Gasteiger partial charge in [-0.25, -0.2) is 13.6 Å². The number of rotatable bonds is 1. The van der Waals surface area contributed by atoms with Crippen LogP contribution in [0.4, 0.5) is 19.4 Å². The lowest BCUT2D eigenvalue weighted by Crippen LogP contribution is -2.22. The molecule has 0 unspecified atom stereocenters. The van der Waals surface area contributed by atoms with Gasteiger partial charge < -0.3 is 11.1 Å². The molecule has 0 fully saturated rings. The second-order valence-corrected chi connectivity index (χ2v) is 4.23. The molecule has 98 valence electrons. The van der Waals surface area contributed by atoms with Gasteiger partial charge in [0, 0.05) is 23.7 Å². The van der Waals surface area contributed by atoms with Crippen LogP contribution in [0.1, 0.15) is 5.56 Å². The summed E-state index contributed by atoms with van der Waals surface area (Å²) < 4.78 is 27.7. The van der Waals surface area contributed by atoms with Gasteiger partial charge in [0.15, 0.2) is 0 Å². The largest absolute Gasteiger partial charge is 0.369 e. The highest BCUT2D eigenvalue weighted by atomic mass is 19.1. The molecule has 0 saturated carbocycles. The fraction of sp³-hybridized carbons (Fsp3) is 0.167. The summed E-state index contributed by atoms with van der Waals surface area (Å²) in [6.45, 7) is 0.621. The maximum absolute atomic E-state index is 13.8. The van der Waals surface area contributed by atoms with Crippen LogP contribution < -0.4 is 11.1 Å². The molecule has 19 heavy (non-hydrogen) atoms. The Hall–Kier alpha value is -2.44. The van der Waals surface area contributed by atoms with E-state index in [4.69, 9.17) is 5.73 Å². The first-order valence-electron chi connectivity index (χ1n) is 5.69. The van der Waals surface area contributed by atoms with Crippen molar-refractivity contribution in [1.29, 1.82) is 0 Å². The van der Waals surface area contributed by atoms with Crippen LogP contribution >= 0.6 is 0 Å². The van der Waals surface area contributed by atoms with E-state index in [9.17, 15) is 13.6 Å². The first-order valence-corrected chi connectivity index (χ1v) is 5.69. The summed E-state index contributed by atoms with van der Waals surface area (Å²) in [4.78, 5) is 11.3. The van der Waals surface area contributed by atoms with Crippen molar-refractivity contribution in [2.75, 3.05) is 11.9 Å². The minimum Gasteiger partial charge on any atom is -0.369 e. The molecule has 3 rings (SSSR count). The van der Waals surface area contributed by atoms with Crippen molar-refractivity contribution >= 4 is 11.8 Å². The molecule has 5 nitrogen and oxygen atoms in total. The monoisotopic (exact) mass is 264 g/mol. The molecule has 1 aromatic heterocycles. The van der Waals surface area contributed by atoms with E-state index in [2.05, 4.69) is 10.4 Å². The molecular weight excluding hydrogens is 254 g/mol. The summed E-state index contributed by atoms with van der Waals surface area (Å²) in [5.74, 6) is -0.902. The normalized spacial score (nSPS) is 13.2. The van der Waals surface area contributed by atoms with Gasteiger partial charge in [-0.1, -0.05) is 0 Å². The lowest BCUT2D eigenvalue weighted by molar-refractivity contribution is 0.248. The number of halogens is 2. The Morgan fingerprint density at radius 2 is 2.21 bits per heavy atom. The molecule has 1 amide bonds. The number of hydrogen-bond acceptors (Lipinski definition) is 3. The molecular formula is C12H10F2N4O. The van der Waals surface area contributed by atoms with Crippen molar-refractivity contribution in [3.05, 3.63) is 35.4 Å². The first kappa shape index (κ1) is 11.6. The number of fused-ring (bicyclic) bond motifs is 1. The number of primary amides is 1. The van der Waals surface area contributed by atoms with Crippen LogP contribution in [0.15, 0.2) is 18.2 Å². The van der Waals surface area contributed by atoms with E-state index in [1.807, 2.05) is 0 Å². The number of nitrogens with one attached hydrogen (secondary N) is 1. The third kappa shape index (κ3) is 1.74. The van der Waals surface area contributed by atoms with E-state index in [1.165, 1.54) is 6.07 Å². The second-order valence-electron chi connectivity index (χ2n) is 4.23. The van der Waals surface area contributed by atoms with Crippen molar-refractivity contribution in [2.45, 2.75) is 6.42 Å². The fourth-order valence-electron chi connectivity index (χ4n) is 2.23. The minimum absolute atomic E-state index is 0.154. The topological polar surface area (TPSA) is 72.9 Å². The number of hydrogen-bond donors (Lipinski definition) is 2. The fourth-order valence-corrected chi connectivity index (χ4v) is 2.23. The van der Waals surface area contributed by atoms with E-state index in [0.29, 0.717) is 30.0 Å². The van der Waals surface area contributed by atoms with Crippen LogP contribution in [-0.2, 0) is 6.42 Å². The minimum atomic E-state index is -0.751. The Bertz CT molecular complexity index is 681. The smallest absolute Gasteiger partial charge is 0.341 e. The maximum Gasteiger partial charge on any atom is 0.341 e. The summed E-state index contributed by atoms with van der Waals surface area (Å²) in [5, 5.41) is 6.98. The zero-order valence-corrected chi connectivity index (χ0v) is 9.78. The van der Waals surface area contributed by atoms with Gasteiger partial charge in [0.25, 0.3) is 0 Å². The molecule has 1 aliphatic rings. The number of amides is 1. The van der Waals surface area contributed by atoms with Gasteiger partial charge in [-0.15, -0.1) is 0 Å². The quantitative estimate of drug-likeness (QED) is 0.823. The number of nitrogens with zero attached hydrogens (tertiary/aromatic N) is 2. The molecule has 1 aromatic carbocycles. The van der Waals surface area contributed by atoms with Gasteiger partial charge in [-0.05, 0) is 18.6 Å². The highest BCUT2D eigenvalue weighted by molar-refractivity contribution is 5.83. The average Bonchev–Trinajstić information content (AvgIpc) is 2.90. The van der Waals surface area contributed by atoms with Gasteiger partial charge >= 0.3 is 6.03 Å². The van der Waals surface area contributed by atoms with Gasteiger partial charge in [0.05, 0.1) is 0 Å². The van der Waals surface area contributed by atoms with Crippen LogP contribution in [-0.4, -0.2) is 22.4 Å².